The van der Waals surface area contributed by atoms with Crippen LogP contribution in [-0.4, -0.2) is 108 Å². The lowest BCUT2D eigenvalue weighted by atomic mass is 10.1. The maximum atomic E-state index is 13.2. The Hall–Kier alpha value is -3.67. The summed E-state index contributed by atoms with van der Waals surface area (Å²) < 4.78 is 27.2. The Labute approximate surface area is 223 Å². The van der Waals surface area contributed by atoms with Gasteiger partial charge in [0.05, 0.1) is 13.2 Å². The number of ether oxygens (including phenoxy) is 4. The van der Waals surface area contributed by atoms with Crippen molar-refractivity contribution in [2.24, 2.45) is 0 Å². The number of aliphatic hydroxyl groups excluding tert-OH is 6. The summed E-state index contributed by atoms with van der Waals surface area (Å²) in [5.41, 5.74) is -1.10. The van der Waals surface area contributed by atoms with Gasteiger partial charge in [-0.2, -0.15) is 0 Å². The van der Waals surface area contributed by atoms with E-state index in [4.69, 9.17) is 23.4 Å². The maximum Gasteiger partial charge on any atom is 0.229 e. The van der Waals surface area contributed by atoms with Crippen LogP contribution in [0.25, 0.3) is 22.3 Å². The summed E-state index contributed by atoms with van der Waals surface area (Å²) in [7, 11) is 0. The maximum absolute atomic E-state index is 13.2. The van der Waals surface area contributed by atoms with Crippen LogP contribution >= 0.6 is 0 Å². The summed E-state index contributed by atoms with van der Waals surface area (Å²) in [6, 6.07) is 6.48. The lowest BCUT2D eigenvalue weighted by molar-refractivity contribution is -0.243. The van der Waals surface area contributed by atoms with Crippen molar-refractivity contribution >= 4 is 11.0 Å². The predicted molar refractivity (Wildman–Crippen MR) is 130 cm³/mol. The fourth-order valence-electron chi connectivity index (χ4n) is 4.30. The molecule has 0 radical (unpaired) electrons. The molecule has 2 fully saturated rings. The second-order valence-corrected chi connectivity index (χ2v) is 9.32. The minimum absolute atomic E-state index is 0.0677. The Kier molecular flexibility index (Phi) is 7.47. The molecule has 3 aromatic rings. The Bertz CT molecular complexity index is 1440. The zero-order valence-electron chi connectivity index (χ0n) is 20.4. The van der Waals surface area contributed by atoms with E-state index < -0.39 is 102 Å². The standard InChI is InChI=1S/C25H26O15/c26-9-3-1-8(2-4-9)13-5-10(27)14-17(32)22(39-24-18(33)15(30)11(28)6-36-24)20(35)23(21(14)38-13)40-25-19(34)16(31)12(29)7-37-25/h1-5,11-12,15-16,18-19,24-26,28-35H,6-7H2/t11-,12-,15-,16-,18+,19+,24-,25-/m0/s1. The second-order valence-electron chi connectivity index (χ2n) is 9.32. The van der Waals surface area contributed by atoms with E-state index in [0.717, 1.165) is 6.07 Å². The number of benzene rings is 2. The van der Waals surface area contributed by atoms with E-state index in [2.05, 4.69) is 0 Å². The molecule has 15 heteroatoms. The van der Waals surface area contributed by atoms with Crippen LogP contribution in [0.4, 0.5) is 0 Å². The molecule has 2 aromatic carbocycles. The summed E-state index contributed by atoms with van der Waals surface area (Å²) in [5.74, 6) is -3.71. The number of phenolic OH excluding ortho intramolecular Hbond substituents is 3. The van der Waals surface area contributed by atoms with Crippen molar-refractivity contribution in [3.8, 4) is 40.1 Å². The molecule has 9 N–H and O–H groups in total. The number of hydrogen-bond donors (Lipinski definition) is 9. The van der Waals surface area contributed by atoms with Gasteiger partial charge in [0.2, 0.25) is 29.8 Å². The Morgan fingerprint density at radius 3 is 1.77 bits per heavy atom. The van der Waals surface area contributed by atoms with E-state index in [0.29, 0.717) is 5.56 Å². The first-order valence-electron chi connectivity index (χ1n) is 12.0. The van der Waals surface area contributed by atoms with Gasteiger partial charge in [0.1, 0.15) is 53.5 Å². The highest BCUT2D eigenvalue weighted by Crippen LogP contribution is 2.51. The van der Waals surface area contributed by atoms with Gasteiger partial charge in [0.15, 0.2) is 16.8 Å². The zero-order valence-corrected chi connectivity index (χ0v) is 20.4. The topological polar surface area (TPSA) is 249 Å². The van der Waals surface area contributed by atoms with Crippen molar-refractivity contribution < 1.29 is 69.3 Å². The van der Waals surface area contributed by atoms with Crippen LogP contribution in [0.1, 0.15) is 0 Å². The number of rotatable bonds is 5. The first-order valence-corrected chi connectivity index (χ1v) is 12.0. The molecule has 216 valence electrons. The van der Waals surface area contributed by atoms with Crippen molar-refractivity contribution in [2.45, 2.75) is 49.2 Å². The number of phenols is 3. The van der Waals surface area contributed by atoms with Gasteiger partial charge < -0.3 is 69.3 Å². The monoisotopic (exact) mass is 566 g/mol. The number of aromatic hydroxyl groups is 3. The smallest absolute Gasteiger partial charge is 0.229 e. The average Bonchev–Trinajstić information content (AvgIpc) is 2.93. The number of fused-ring (bicyclic) bond motifs is 1. The van der Waals surface area contributed by atoms with Gasteiger partial charge >= 0.3 is 0 Å². The summed E-state index contributed by atoms with van der Waals surface area (Å²) in [6.07, 6.45) is -13.5. The summed E-state index contributed by atoms with van der Waals surface area (Å²) in [5, 5.41) is 91.2. The van der Waals surface area contributed by atoms with Crippen LogP contribution in [0.15, 0.2) is 39.5 Å². The molecule has 40 heavy (non-hydrogen) atoms. The van der Waals surface area contributed by atoms with Crippen molar-refractivity contribution in [1.29, 1.82) is 0 Å². The molecule has 1 aromatic heterocycles. The molecule has 8 atom stereocenters. The quantitative estimate of drug-likeness (QED) is 0.165. The normalized spacial score (nSPS) is 30.8. The Morgan fingerprint density at radius 1 is 0.700 bits per heavy atom. The molecule has 0 spiro atoms. The molecule has 5 rings (SSSR count). The third-order valence-electron chi connectivity index (χ3n) is 6.56. The largest absolute Gasteiger partial charge is 0.508 e. The second kappa shape index (κ2) is 10.7. The third-order valence-corrected chi connectivity index (χ3v) is 6.56. The number of hydrogen-bond acceptors (Lipinski definition) is 15. The van der Waals surface area contributed by atoms with Crippen LogP contribution in [0.2, 0.25) is 0 Å². The van der Waals surface area contributed by atoms with Gasteiger partial charge in [-0.25, -0.2) is 0 Å². The van der Waals surface area contributed by atoms with E-state index in [9.17, 15) is 50.8 Å². The van der Waals surface area contributed by atoms with E-state index in [1.54, 1.807) is 0 Å². The summed E-state index contributed by atoms with van der Waals surface area (Å²) >= 11 is 0. The van der Waals surface area contributed by atoms with Crippen LogP contribution in [0.3, 0.4) is 0 Å². The number of aliphatic hydroxyl groups is 6. The molecule has 0 saturated carbocycles. The van der Waals surface area contributed by atoms with E-state index >= 15 is 0 Å². The highest BCUT2D eigenvalue weighted by molar-refractivity contribution is 5.95. The van der Waals surface area contributed by atoms with Gasteiger partial charge in [0.25, 0.3) is 0 Å². The molecule has 0 aliphatic carbocycles. The molecule has 0 bridgehead atoms. The lowest BCUT2D eigenvalue weighted by Gasteiger charge is -2.36. The highest BCUT2D eigenvalue weighted by atomic mass is 16.7. The predicted octanol–water partition coefficient (Wildman–Crippen LogP) is -1.79. The van der Waals surface area contributed by atoms with Crippen molar-refractivity contribution in [3.63, 3.8) is 0 Å². The fraction of sp³-hybridized carbons (Fsp3) is 0.400. The minimum Gasteiger partial charge on any atom is -0.508 e. The first kappa shape index (κ1) is 27.9. The van der Waals surface area contributed by atoms with Crippen molar-refractivity contribution in [1.82, 2.24) is 0 Å². The summed E-state index contributed by atoms with van der Waals surface area (Å²) in [4.78, 5) is 13.2. The van der Waals surface area contributed by atoms with E-state index in [1.165, 1.54) is 24.3 Å². The van der Waals surface area contributed by atoms with Gasteiger partial charge in [-0.05, 0) is 24.3 Å². The molecular formula is C25H26O15. The molecule has 15 nitrogen and oxygen atoms in total. The van der Waals surface area contributed by atoms with Crippen molar-refractivity contribution in [2.75, 3.05) is 13.2 Å². The molecule has 2 aliphatic rings. The van der Waals surface area contributed by atoms with Crippen LogP contribution in [0.5, 0.6) is 28.7 Å². The zero-order chi connectivity index (χ0) is 28.9. The lowest BCUT2D eigenvalue weighted by Crippen LogP contribution is -2.55. The van der Waals surface area contributed by atoms with E-state index in [1.807, 2.05) is 0 Å². The molecule has 0 unspecified atom stereocenters. The van der Waals surface area contributed by atoms with Gasteiger partial charge in [-0.3, -0.25) is 4.79 Å². The van der Waals surface area contributed by atoms with Gasteiger partial charge in [-0.15, -0.1) is 0 Å². The fourth-order valence-corrected chi connectivity index (χ4v) is 4.30. The van der Waals surface area contributed by atoms with E-state index in [-0.39, 0.29) is 11.5 Å². The minimum atomic E-state index is -1.85. The van der Waals surface area contributed by atoms with Crippen LogP contribution in [-0.2, 0) is 9.47 Å². The third kappa shape index (κ3) is 4.89. The van der Waals surface area contributed by atoms with Crippen molar-refractivity contribution in [3.05, 3.63) is 40.6 Å². The molecule has 2 saturated heterocycles. The Morgan fingerprint density at radius 2 is 1.23 bits per heavy atom. The molecule has 0 amide bonds. The SMILES string of the molecule is O=c1cc(-c2ccc(O)cc2)oc2c(O[C@@H]3OC[C@H](O)[C@H](O)[C@H]3O)c(O)c(O[C@@H]3OC[C@H](O)[C@H](O)[C@H]3O)c(O)c12. The van der Waals surface area contributed by atoms with Gasteiger partial charge in [0, 0.05) is 11.6 Å². The first-order chi connectivity index (χ1) is 19.0. The highest BCUT2D eigenvalue weighted by Gasteiger charge is 2.42. The van der Waals surface area contributed by atoms with Gasteiger partial charge in [-0.1, -0.05) is 0 Å². The molecule has 3 heterocycles. The molecule has 2 aliphatic heterocycles. The average molecular weight is 566 g/mol. The Balaban J connectivity index is 1.66. The summed E-state index contributed by atoms with van der Waals surface area (Å²) in [6.45, 7) is -0.962. The van der Waals surface area contributed by atoms with Crippen LogP contribution in [0, 0.1) is 0 Å². The molecular weight excluding hydrogens is 540 g/mol. The van der Waals surface area contributed by atoms with Crippen LogP contribution < -0.4 is 14.9 Å².